The summed E-state index contributed by atoms with van der Waals surface area (Å²) in [5.74, 6) is -0.187. The van der Waals surface area contributed by atoms with Crippen LogP contribution < -0.4 is 15.0 Å². The van der Waals surface area contributed by atoms with E-state index >= 15 is 0 Å². The van der Waals surface area contributed by atoms with Crippen molar-refractivity contribution in [1.29, 1.82) is 5.26 Å². The Morgan fingerprint density at radius 2 is 2.03 bits per heavy atom. The molecule has 2 aromatic carbocycles. The summed E-state index contributed by atoms with van der Waals surface area (Å²) in [7, 11) is 1.55. The number of hydrogen-bond acceptors (Lipinski definition) is 5. The Hall–Kier alpha value is -4.12. The van der Waals surface area contributed by atoms with Crippen molar-refractivity contribution < 1.29 is 14.3 Å². The number of rotatable bonds is 5. The number of carbonyl (C=O) groups is 2. The standard InChI is InChI=1S/C23H21N5O3/c1-15-8-9-20(31-2)19(10-15)27-14-16(11-21(27)29)23(30)26-22-17(12-24)13-25-28(22)18-6-4-3-5-7-18/h3-10,13,16H,11,14H2,1-2H3,(H,26,30). The highest BCUT2D eigenvalue weighted by Crippen LogP contribution is 2.34. The zero-order chi connectivity index (χ0) is 22.0. The molecule has 1 unspecified atom stereocenters. The molecule has 1 aliphatic heterocycles. The van der Waals surface area contributed by atoms with E-state index < -0.39 is 5.92 Å². The molecule has 0 spiro atoms. The maximum Gasteiger partial charge on any atom is 0.231 e. The van der Waals surface area contributed by atoms with Gasteiger partial charge in [-0.25, -0.2) is 4.68 Å². The van der Waals surface area contributed by atoms with Crippen molar-refractivity contribution in [2.24, 2.45) is 5.92 Å². The third-order valence-corrected chi connectivity index (χ3v) is 5.25. The lowest BCUT2D eigenvalue weighted by atomic mass is 10.1. The quantitative estimate of drug-likeness (QED) is 0.690. The van der Waals surface area contributed by atoms with Crippen LogP contribution in [0.3, 0.4) is 0 Å². The third-order valence-electron chi connectivity index (χ3n) is 5.25. The maximum atomic E-state index is 13.0. The highest BCUT2D eigenvalue weighted by molar-refractivity contribution is 6.04. The molecule has 0 saturated carbocycles. The summed E-state index contributed by atoms with van der Waals surface area (Å²) in [5.41, 5.74) is 2.60. The summed E-state index contributed by atoms with van der Waals surface area (Å²) in [6.07, 6.45) is 1.48. The van der Waals surface area contributed by atoms with E-state index in [4.69, 9.17) is 4.74 Å². The van der Waals surface area contributed by atoms with E-state index in [1.54, 1.807) is 12.0 Å². The van der Waals surface area contributed by atoms with Crippen molar-refractivity contribution in [1.82, 2.24) is 9.78 Å². The molecule has 0 bridgehead atoms. The zero-order valence-corrected chi connectivity index (χ0v) is 17.2. The number of hydrogen-bond donors (Lipinski definition) is 1. The van der Waals surface area contributed by atoms with Gasteiger partial charge in [0.1, 0.15) is 17.4 Å². The Balaban J connectivity index is 1.58. The van der Waals surface area contributed by atoms with Gasteiger partial charge in [-0.15, -0.1) is 0 Å². The van der Waals surface area contributed by atoms with E-state index in [1.807, 2.05) is 55.5 Å². The van der Waals surface area contributed by atoms with Crippen LogP contribution in [0, 0.1) is 24.2 Å². The van der Waals surface area contributed by atoms with Crippen LogP contribution >= 0.6 is 0 Å². The monoisotopic (exact) mass is 415 g/mol. The lowest BCUT2D eigenvalue weighted by Gasteiger charge is -2.20. The first-order valence-corrected chi connectivity index (χ1v) is 9.81. The molecule has 1 fully saturated rings. The van der Waals surface area contributed by atoms with E-state index in [0.29, 0.717) is 17.1 Å². The fourth-order valence-corrected chi connectivity index (χ4v) is 3.66. The van der Waals surface area contributed by atoms with Gasteiger partial charge in [0.15, 0.2) is 5.82 Å². The van der Waals surface area contributed by atoms with Crippen LogP contribution in [0.4, 0.5) is 11.5 Å². The Bertz CT molecular complexity index is 1180. The Morgan fingerprint density at radius 1 is 1.26 bits per heavy atom. The summed E-state index contributed by atoms with van der Waals surface area (Å²) in [6.45, 7) is 2.16. The first-order valence-electron chi connectivity index (χ1n) is 9.81. The minimum absolute atomic E-state index is 0.0737. The topological polar surface area (TPSA) is 100 Å². The van der Waals surface area contributed by atoms with Crippen LogP contribution in [0.5, 0.6) is 5.75 Å². The van der Waals surface area contributed by atoms with Crippen molar-refractivity contribution in [2.45, 2.75) is 13.3 Å². The maximum absolute atomic E-state index is 13.0. The molecule has 0 radical (unpaired) electrons. The van der Waals surface area contributed by atoms with Gasteiger partial charge in [0.05, 0.1) is 30.6 Å². The van der Waals surface area contributed by atoms with E-state index in [0.717, 1.165) is 5.56 Å². The highest BCUT2D eigenvalue weighted by atomic mass is 16.5. The number of nitrogens with zero attached hydrogens (tertiary/aromatic N) is 4. The number of nitrogens with one attached hydrogen (secondary N) is 1. The largest absolute Gasteiger partial charge is 0.495 e. The summed E-state index contributed by atoms with van der Waals surface area (Å²) in [4.78, 5) is 27.3. The lowest BCUT2D eigenvalue weighted by Crippen LogP contribution is -2.29. The summed E-state index contributed by atoms with van der Waals surface area (Å²) >= 11 is 0. The number of amides is 2. The molecular formula is C23H21N5O3. The number of aryl methyl sites for hydroxylation is 1. The summed E-state index contributed by atoms with van der Waals surface area (Å²) < 4.78 is 6.90. The van der Waals surface area contributed by atoms with Crippen molar-refractivity contribution >= 4 is 23.3 Å². The Kier molecular flexibility index (Phi) is 5.41. The summed E-state index contributed by atoms with van der Waals surface area (Å²) in [5, 5.41) is 16.5. The van der Waals surface area contributed by atoms with Gasteiger partial charge in [-0.1, -0.05) is 24.3 Å². The molecule has 2 amide bonds. The molecule has 31 heavy (non-hydrogen) atoms. The number of anilines is 2. The average Bonchev–Trinajstić information content (AvgIpc) is 3.37. The smallest absolute Gasteiger partial charge is 0.231 e. The number of ether oxygens (including phenoxy) is 1. The average molecular weight is 415 g/mol. The molecule has 2 heterocycles. The van der Waals surface area contributed by atoms with Crippen LogP contribution in [0.1, 0.15) is 17.5 Å². The summed E-state index contributed by atoms with van der Waals surface area (Å²) in [6, 6.07) is 16.9. The predicted octanol–water partition coefficient (Wildman–Crippen LogP) is 3.05. The normalized spacial score (nSPS) is 15.6. The highest BCUT2D eigenvalue weighted by Gasteiger charge is 2.37. The zero-order valence-electron chi connectivity index (χ0n) is 17.2. The van der Waals surface area contributed by atoms with Gasteiger partial charge in [0.2, 0.25) is 11.8 Å². The van der Waals surface area contributed by atoms with Gasteiger partial charge >= 0.3 is 0 Å². The second kappa shape index (κ2) is 8.32. The van der Waals surface area contributed by atoms with Gasteiger partial charge in [-0.05, 0) is 36.8 Å². The van der Waals surface area contributed by atoms with Gasteiger partial charge in [0, 0.05) is 13.0 Å². The Morgan fingerprint density at radius 3 is 2.74 bits per heavy atom. The van der Waals surface area contributed by atoms with Crippen LogP contribution in [-0.4, -0.2) is 35.2 Å². The number of nitriles is 1. The molecule has 1 aromatic heterocycles. The molecule has 4 rings (SSSR count). The van der Waals surface area contributed by atoms with E-state index in [-0.39, 0.29) is 36.2 Å². The molecule has 1 saturated heterocycles. The third kappa shape index (κ3) is 3.85. The number of carbonyl (C=O) groups excluding carboxylic acids is 2. The SMILES string of the molecule is COc1ccc(C)cc1N1CC(C(=O)Nc2c(C#N)cnn2-c2ccccc2)CC1=O. The minimum atomic E-state index is -0.566. The van der Waals surface area contributed by atoms with Crippen molar-refractivity contribution in [3.05, 3.63) is 65.9 Å². The molecule has 156 valence electrons. The molecule has 1 atom stereocenters. The van der Waals surface area contributed by atoms with Crippen LogP contribution in [0.25, 0.3) is 5.69 Å². The van der Waals surface area contributed by atoms with Crippen LogP contribution in [0.2, 0.25) is 0 Å². The van der Waals surface area contributed by atoms with Gasteiger partial charge in [0.25, 0.3) is 0 Å². The van der Waals surface area contributed by atoms with Crippen LogP contribution in [0.15, 0.2) is 54.7 Å². The predicted molar refractivity (Wildman–Crippen MR) is 115 cm³/mol. The molecule has 8 nitrogen and oxygen atoms in total. The molecule has 1 aliphatic rings. The van der Waals surface area contributed by atoms with Gasteiger partial charge < -0.3 is 15.0 Å². The van der Waals surface area contributed by atoms with Crippen LogP contribution in [-0.2, 0) is 9.59 Å². The number of para-hydroxylation sites is 1. The second-order valence-corrected chi connectivity index (χ2v) is 7.34. The van der Waals surface area contributed by atoms with Crippen molar-refractivity contribution in [3.8, 4) is 17.5 Å². The van der Waals surface area contributed by atoms with E-state index in [9.17, 15) is 14.9 Å². The number of benzene rings is 2. The number of aromatic nitrogens is 2. The molecule has 8 heteroatoms. The van der Waals surface area contributed by atoms with Gasteiger partial charge in [-0.2, -0.15) is 10.4 Å². The van der Waals surface area contributed by atoms with Crippen molar-refractivity contribution in [2.75, 3.05) is 23.9 Å². The molecule has 0 aliphatic carbocycles. The first kappa shape index (κ1) is 20.2. The van der Waals surface area contributed by atoms with E-state index in [2.05, 4.69) is 16.5 Å². The van der Waals surface area contributed by atoms with Crippen molar-refractivity contribution in [3.63, 3.8) is 0 Å². The second-order valence-electron chi connectivity index (χ2n) is 7.34. The lowest BCUT2D eigenvalue weighted by molar-refractivity contribution is -0.122. The number of methoxy groups -OCH3 is 1. The first-order chi connectivity index (χ1) is 15.0. The fraction of sp³-hybridized carbons (Fsp3) is 0.217. The molecule has 1 N–H and O–H groups in total. The van der Waals surface area contributed by atoms with Gasteiger partial charge in [-0.3, -0.25) is 9.59 Å². The minimum Gasteiger partial charge on any atom is -0.495 e. The molecular weight excluding hydrogens is 394 g/mol. The Labute approximate surface area is 179 Å². The van der Waals surface area contributed by atoms with E-state index in [1.165, 1.54) is 10.9 Å². The molecule has 3 aromatic rings. The fourth-order valence-electron chi connectivity index (χ4n) is 3.66.